The van der Waals surface area contributed by atoms with Crippen molar-refractivity contribution in [2.45, 2.75) is 38.6 Å². The van der Waals surface area contributed by atoms with E-state index in [-0.39, 0.29) is 6.04 Å². The van der Waals surface area contributed by atoms with Gasteiger partial charge in [-0.05, 0) is 44.5 Å². The van der Waals surface area contributed by atoms with Crippen molar-refractivity contribution in [3.05, 3.63) is 41.9 Å². The maximum absolute atomic E-state index is 5.78. The largest absolute Gasteiger partial charge is 0.441 e. The minimum Gasteiger partial charge on any atom is -0.441 e. The number of aryl methyl sites for hydroxylation is 2. The molecule has 3 aromatic rings. The van der Waals surface area contributed by atoms with Crippen molar-refractivity contribution in [3.8, 4) is 0 Å². The average molecular weight is 312 g/mol. The summed E-state index contributed by atoms with van der Waals surface area (Å²) in [6, 6.07) is 8.18. The van der Waals surface area contributed by atoms with E-state index in [2.05, 4.69) is 20.0 Å². The van der Waals surface area contributed by atoms with Crippen LogP contribution in [0.3, 0.4) is 0 Å². The van der Waals surface area contributed by atoms with Crippen molar-refractivity contribution in [3.63, 3.8) is 0 Å². The van der Waals surface area contributed by atoms with E-state index in [0.29, 0.717) is 5.89 Å². The fourth-order valence-corrected chi connectivity index (χ4v) is 3.30. The molecule has 120 valence electrons. The molecule has 0 saturated carbocycles. The molecule has 0 unspecified atom stereocenters. The number of hydrogen-bond donors (Lipinski definition) is 0. The van der Waals surface area contributed by atoms with Crippen molar-refractivity contribution >= 4 is 11.1 Å². The van der Waals surface area contributed by atoms with Crippen LogP contribution in [0.25, 0.3) is 11.1 Å². The van der Waals surface area contributed by atoms with Gasteiger partial charge in [0.1, 0.15) is 5.52 Å². The molecule has 0 amide bonds. The molecule has 1 aliphatic rings. The van der Waals surface area contributed by atoms with Gasteiger partial charge >= 0.3 is 0 Å². The minimum absolute atomic E-state index is 0.288. The quantitative estimate of drug-likeness (QED) is 0.720. The van der Waals surface area contributed by atoms with E-state index in [1.165, 1.54) is 6.42 Å². The molecule has 3 heterocycles. The number of aromatic nitrogens is 3. The summed E-state index contributed by atoms with van der Waals surface area (Å²) in [6.45, 7) is 3.92. The van der Waals surface area contributed by atoms with Gasteiger partial charge in [0, 0.05) is 13.3 Å². The highest BCUT2D eigenvalue weighted by Gasteiger charge is 2.29. The third-order valence-corrected chi connectivity index (χ3v) is 4.38. The fraction of sp³-hybridized carbons (Fsp3) is 0.471. The normalized spacial score (nSPS) is 18.9. The zero-order chi connectivity index (χ0) is 15.6. The molecule has 0 spiro atoms. The van der Waals surface area contributed by atoms with Crippen molar-refractivity contribution in [2.75, 3.05) is 13.1 Å². The number of fused-ring (bicyclic) bond motifs is 1. The van der Waals surface area contributed by atoms with Crippen LogP contribution in [0.4, 0.5) is 0 Å². The summed E-state index contributed by atoms with van der Waals surface area (Å²) in [5.41, 5.74) is 1.80. The van der Waals surface area contributed by atoms with Gasteiger partial charge in [0.05, 0.1) is 6.04 Å². The van der Waals surface area contributed by atoms with Gasteiger partial charge in [0.2, 0.25) is 5.89 Å². The third-order valence-electron chi connectivity index (χ3n) is 4.38. The fourth-order valence-electron chi connectivity index (χ4n) is 3.30. The SMILES string of the molecule is Cc1nc([C@H]2CCCN2CCCc2nc3ccccc3o2)no1. The van der Waals surface area contributed by atoms with Crippen LogP contribution in [0.1, 0.15) is 42.9 Å². The molecule has 1 atom stereocenters. The Morgan fingerprint density at radius 2 is 2.17 bits per heavy atom. The van der Waals surface area contributed by atoms with Gasteiger partial charge in [-0.1, -0.05) is 17.3 Å². The molecule has 0 radical (unpaired) electrons. The van der Waals surface area contributed by atoms with E-state index in [4.69, 9.17) is 8.94 Å². The van der Waals surface area contributed by atoms with Crippen LogP contribution >= 0.6 is 0 Å². The smallest absolute Gasteiger partial charge is 0.223 e. The first-order chi connectivity index (χ1) is 11.3. The Hall–Kier alpha value is -2.21. The zero-order valence-corrected chi connectivity index (χ0v) is 13.2. The first-order valence-corrected chi connectivity index (χ1v) is 8.18. The second-order valence-electron chi connectivity index (χ2n) is 6.04. The van der Waals surface area contributed by atoms with Gasteiger partial charge in [-0.25, -0.2) is 4.98 Å². The summed E-state index contributed by atoms with van der Waals surface area (Å²) >= 11 is 0. The Morgan fingerprint density at radius 3 is 3.00 bits per heavy atom. The summed E-state index contributed by atoms with van der Waals surface area (Å²) in [5, 5.41) is 4.08. The first-order valence-electron chi connectivity index (χ1n) is 8.18. The summed E-state index contributed by atoms with van der Waals surface area (Å²) < 4.78 is 10.9. The molecule has 2 aromatic heterocycles. The molecular formula is C17H20N4O2. The lowest BCUT2D eigenvalue weighted by Crippen LogP contribution is -2.25. The predicted molar refractivity (Wildman–Crippen MR) is 84.9 cm³/mol. The number of oxazole rings is 1. The molecule has 4 rings (SSSR count). The van der Waals surface area contributed by atoms with Crippen LogP contribution in [0.5, 0.6) is 0 Å². The Labute approximate surface area is 134 Å². The van der Waals surface area contributed by atoms with Crippen molar-refractivity contribution in [2.24, 2.45) is 0 Å². The lowest BCUT2D eigenvalue weighted by Gasteiger charge is -2.21. The van der Waals surface area contributed by atoms with Gasteiger partial charge < -0.3 is 8.94 Å². The van der Waals surface area contributed by atoms with Crippen molar-refractivity contribution in [1.82, 2.24) is 20.0 Å². The summed E-state index contributed by atoms with van der Waals surface area (Å²) in [7, 11) is 0. The van der Waals surface area contributed by atoms with Gasteiger partial charge in [0.15, 0.2) is 17.3 Å². The summed E-state index contributed by atoms with van der Waals surface area (Å²) in [6.07, 6.45) is 4.15. The van der Waals surface area contributed by atoms with Gasteiger partial charge in [0.25, 0.3) is 0 Å². The molecule has 0 bridgehead atoms. The molecule has 0 aliphatic carbocycles. The second-order valence-corrected chi connectivity index (χ2v) is 6.04. The molecule has 1 aliphatic heterocycles. The standard InChI is InChI=1S/C17H20N4O2/c1-12-18-17(20-23-12)14-7-4-10-21(14)11-5-9-16-19-13-6-2-3-8-15(13)22-16/h2-3,6,8,14H,4-5,7,9-11H2,1H3/t14-/m1/s1. The Balaban J connectivity index is 1.36. The van der Waals surface area contributed by atoms with Crippen molar-refractivity contribution in [1.29, 1.82) is 0 Å². The van der Waals surface area contributed by atoms with Crippen LogP contribution in [0.15, 0.2) is 33.2 Å². The molecule has 1 fully saturated rings. The van der Waals surface area contributed by atoms with E-state index in [1.807, 2.05) is 31.2 Å². The highest BCUT2D eigenvalue weighted by molar-refractivity contribution is 5.72. The van der Waals surface area contributed by atoms with Crippen LogP contribution in [-0.2, 0) is 6.42 Å². The molecule has 1 saturated heterocycles. The first kappa shape index (κ1) is 14.4. The summed E-state index contributed by atoms with van der Waals surface area (Å²) in [4.78, 5) is 11.4. The Morgan fingerprint density at radius 1 is 1.26 bits per heavy atom. The number of likely N-dealkylation sites (tertiary alicyclic amines) is 1. The van der Waals surface area contributed by atoms with Crippen LogP contribution in [0, 0.1) is 6.92 Å². The van der Waals surface area contributed by atoms with E-state index in [1.54, 1.807) is 0 Å². The third kappa shape index (κ3) is 2.99. The van der Waals surface area contributed by atoms with E-state index >= 15 is 0 Å². The second kappa shape index (κ2) is 6.12. The molecule has 0 N–H and O–H groups in total. The average Bonchev–Trinajstić information content (AvgIpc) is 3.25. The minimum atomic E-state index is 0.288. The van der Waals surface area contributed by atoms with Crippen molar-refractivity contribution < 1.29 is 8.94 Å². The molecule has 6 nitrogen and oxygen atoms in total. The van der Waals surface area contributed by atoms with Crippen LogP contribution < -0.4 is 0 Å². The van der Waals surface area contributed by atoms with Crippen LogP contribution in [0.2, 0.25) is 0 Å². The topological polar surface area (TPSA) is 68.2 Å². The molecule has 23 heavy (non-hydrogen) atoms. The molecule has 1 aromatic carbocycles. The van der Waals surface area contributed by atoms with E-state index in [0.717, 1.165) is 55.2 Å². The van der Waals surface area contributed by atoms with E-state index < -0.39 is 0 Å². The highest BCUT2D eigenvalue weighted by Crippen LogP contribution is 2.30. The highest BCUT2D eigenvalue weighted by atomic mass is 16.5. The van der Waals surface area contributed by atoms with Gasteiger partial charge in [-0.3, -0.25) is 4.90 Å². The lowest BCUT2D eigenvalue weighted by atomic mass is 10.2. The zero-order valence-electron chi connectivity index (χ0n) is 13.2. The number of nitrogens with zero attached hydrogens (tertiary/aromatic N) is 4. The molecule has 6 heteroatoms. The van der Waals surface area contributed by atoms with E-state index in [9.17, 15) is 0 Å². The number of para-hydroxylation sites is 2. The molecular weight excluding hydrogens is 292 g/mol. The maximum atomic E-state index is 5.78. The van der Waals surface area contributed by atoms with Gasteiger partial charge in [-0.15, -0.1) is 0 Å². The number of hydrogen-bond acceptors (Lipinski definition) is 6. The lowest BCUT2D eigenvalue weighted by molar-refractivity contribution is 0.238. The van der Waals surface area contributed by atoms with Crippen LogP contribution in [-0.4, -0.2) is 33.1 Å². The summed E-state index contributed by atoms with van der Waals surface area (Å²) in [5.74, 6) is 2.28. The maximum Gasteiger partial charge on any atom is 0.223 e. The predicted octanol–water partition coefficient (Wildman–Crippen LogP) is 3.29. The number of benzene rings is 1. The van der Waals surface area contributed by atoms with Gasteiger partial charge in [-0.2, -0.15) is 4.98 Å². The Kier molecular flexibility index (Phi) is 3.83. The Bertz CT molecular complexity index is 762. The monoisotopic (exact) mass is 312 g/mol. The number of rotatable bonds is 5.